The highest BCUT2D eigenvalue weighted by Gasteiger charge is 2.17. The van der Waals surface area contributed by atoms with Crippen LogP contribution in [0.4, 0.5) is 8.78 Å². The average molecular weight is 294 g/mol. The maximum Gasteiger partial charge on any atom is 0.261 e. The Hall–Kier alpha value is -2.34. The van der Waals surface area contributed by atoms with E-state index in [-0.39, 0.29) is 22.3 Å². The molecule has 100 valence electrons. The molecule has 0 bridgehead atoms. The number of rotatable bonds is 2. The van der Waals surface area contributed by atoms with E-state index < -0.39 is 11.6 Å². The zero-order chi connectivity index (χ0) is 14.1. The Bertz CT molecular complexity index is 762. The first-order chi connectivity index (χ1) is 9.65. The van der Waals surface area contributed by atoms with Crippen LogP contribution in [-0.4, -0.2) is 15.1 Å². The first-order valence-corrected chi connectivity index (χ1v) is 5.92. The third-order valence-electron chi connectivity index (χ3n) is 2.59. The van der Waals surface area contributed by atoms with E-state index in [4.69, 9.17) is 16.1 Å². The lowest BCUT2D eigenvalue weighted by Gasteiger charge is -1.99. The van der Waals surface area contributed by atoms with Gasteiger partial charge in [-0.05, 0) is 24.3 Å². The van der Waals surface area contributed by atoms with Crippen LogP contribution >= 0.6 is 11.6 Å². The summed E-state index contributed by atoms with van der Waals surface area (Å²) in [6.45, 7) is 0. The molecule has 0 saturated heterocycles. The van der Waals surface area contributed by atoms with Gasteiger partial charge in [-0.2, -0.15) is 4.98 Å². The first kappa shape index (κ1) is 12.7. The Morgan fingerprint density at radius 2 is 2.00 bits per heavy atom. The van der Waals surface area contributed by atoms with Crippen molar-refractivity contribution >= 4 is 11.6 Å². The van der Waals surface area contributed by atoms with Crippen LogP contribution in [0.25, 0.3) is 22.8 Å². The summed E-state index contributed by atoms with van der Waals surface area (Å²) in [6.07, 6.45) is 3.13. The number of hydrogen-bond donors (Lipinski definition) is 0. The first-order valence-electron chi connectivity index (χ1n) is 5.54. The Labute approximate surface area is 117 Å². The highest BCUT2D eigenvalue weighted by atomic mass is 35.5. The van der Waals surface area contributed by atoms with Gasteiger partial charge in [-0.15, -0.1) is 0 Å². The summed E-state index contributed by atoms with van der Waals surface area (Å²) in [7, 11) is 0. The van der Waals surface area contributed by atoms with Crippen molar-refractivity contribution in [3.8, 4) is 22.8 Å². The minimum Gasteiger partial charge on any atom is -0.334 e. The van der Waals surface area contributed by atoms with Crippen molar-refractivity contribution in [2.45, 2.75) is 0 Å². The van der Waals surface area contributed by atoms with Gasteiger partial charge in [0.05, 0.1) is 10.6 Å². The average Bonchev–Trinajstić information content (AvgIpc) is 2.93. The topological polar surface area (TPSA) is 51.8 Å². The SMILES string of the molecule is Fc1cc(-c2nc(-c3cccnc3)no2)c(F)cc1Cl. The molecule has 0 fully saturated rings. The Balaban J connectivity index is 2.05. The van der Waals surface area contributed by atoms with Crippen molar-refractivity contribution in [3.05, 3.63) is 53.3 Å². The van der Waals surface area contributed by atoms with Crippen molar-refractivity contribution in [2.75, 3.05) is 0 Å². The van der Waals surface area contributed by atoms with Gasteiger partial charge >= 0.3 is 0 Å². The maximum absolute atomic E-state index is 13.7. The van der Waals surface area contributed by atoms with Crippen LogP contribution in [0.5, 0.6) is 0 Å². The molecule has 0 radical (unpaired) electrons. The standard InChI is InChI=1S/C13H6ClF2N3O/c14-9-5-10(15)8(4-11(9)16)13-18-12(19-20-13)7-2-1-3-17-6-7/h1-6H. The van der Waals surface area contributed by atoms with Gasteiger partial charge in [0.25, 0.3) is 5.89 Å². The monoisotopic (exact) mass is 293 g/mol. The molecule has 3 aromatic rings. The van der Waals surface area contributed by atoms with Crippen LogP contribution in [-0.2, 0) is 0 Å². The normalized spacial score (nSPS) is 10.8. The molecule has 20 heavy (non-hydrogen) atoms. The van der Waals surface area contributed by atoms with Gasteiger partial charge in [0.15, 0.2) is 0 Å². The maximum atomic E-state index is 13.7. The fourth-order valence-corrected chi connectivity index (χ4v) is 1.78. The molecule has 0 saturated carbocycles. The van der Waals surface area contributed by atoms with Crippen LogP contribution in [0.1, 0.15) is 0 Å². The lowest BCUT2D eigenvalue weighted by Crippen LogP contribution is -1.88. The van der Waals surface area contributed by atoms with E-state index in [2.05, 4.69) is 15.1 Å². The minimum absolute atomic E-state index is 0.128. The second-order valence-corrected chi connectivity index (χ2v) is 4.32. The number of halogens is 3. The number of pyridine rings is 1. The molecule has 0 unspecified atom stereocenters. The summed E-state index contributed by atoms with van der Waals surface area (Å²) in [6, 6.07) is 5.20. The minimum atomic E-state index is -0.760. The molecule has 0 amide bonds. The molecule has 0 aliphatic rings. The van der Waals surface area contributed by atoms with E-state index in [9.17, 15) is 8.78 Å². The fourth-order valence-electron chi connectivity index (χ4n) is 1.63. The highest BCUT2D eigenvalue weighted by Crippen LogP contribution is 2.28. The molecule has 4 nitrogen and oxygen atoms in total. The molecule has 2 heterocycles. The van der Waals surface area contributed by atoms with Gasteiger partial charge < -0.3 is 4.52 Å². The molecule has 1 aromatic carbocycles. The Morgan fingerprint density at radius 1 is 1.15 bits per heavy atom. The molecule has 0 spiro atoms. The molecular formula is C13H6ClF2N3O. The number of nitrogens with zero attached hydrogens (tertiary/aromatic N) is 3. The molecule has 0 N–H and O–H groups in total. The van der Waals surface area contributed by atoms with Crippen molar-refractivity contribution in [1.29, 1.82) is 0 Å². The largest absolute Gasteiger partial charge is 0.334 e. The third-order valence-corrected chi connectivity index (χ3v) is 2.88. The molecule has 0 atom stereocenters. The molecule has 3 rings (SSSR count). The van der Waals surface area contributed by atoms with Crippen LogP contribution in [0.3, 0.4) is 0 Å². The summed E-state index contributed by atoms with van der Waals surface area (Å²) in [5.74, 6) is -1.39. The molecule has 7 heteroatoms. The van der Waals surface area contributed by atoms with E-state index in [0.29, 0.717) is 5.56 Å². The van der Waals surface area contributed by atoms with Crippen LogP contribution < -0.4 is 0 Å². The molecule has 0 aliphatic carbocycles. The lowest BCUT2D eigenvalue weighted by molar-refractivity contribution is 0.429. The zero-order valence-corrected chi connectivity index (χ0v) is 10.6. The second kappa shape index (κ2) is 4.97. The van der Waals surface area contributed by atoms with Crippen LogP contribution in [0.2, 0.25) is 5.02 Å². The number of hydrogen-bond acceptors (Lipinski definition) is 4. The summed E-state index contributed by atoms with van der Waals surface area (Å²) in [4.78, 5) is 7.93. The predicted molar refractivity (Wildman–Crippen MR) is 67.9 cm³/mol. The van der Waals surface area contributed by atoms with E-state index >= 15 is 0 Å². The van der Waals surface area contributed by atoms with Gasteiger partial charge in [-0.1, -0.05) is 16.8 Å². The lowest BCUT2D eigenvalue weighted by atomic mass is 10.2. The van der Waals surface area contributed by atoms with Crippen molar-refractivity contribution < 1.29 is 13.3 Å². The molecular weight excluding hydrogens is 288 g/mol. The summed E-state index contributed by atoms with van der Waals surface area (Å²) >= 11 is 5.48. The fraction of sp³-hybridized carbons (Fsp3) is 0. The summed E-state index contributed by atoms with van der Waals surface area (Å²) in [5.41, 5.74) is 0.465. The van der Waals surface area contributed by atoms with Gasteiger partial charge in [0.1, 0.15) is 11.6 Å². The van der Waals surface area contributed by atoms with Gasteiger partial charge in [0.2, 0.25) is 5.82 Å². The van der Waals surface area contributed by atoms with Crippen molar-refractivity contribution in [1.82, 2.24) is 15.1 Å². The van der Waals surface area contributed by atoms with Gasteiger partial charge in [-0.25, -0.2) is 8.78 Å². The van der Waals surface area contributed by atoms with E-state index in [1.165, 1.54) is 6.20 Å². The third kappa shape index (κ3) is 2.25. The summed E-state index contributed by atoms with van der Waals surface area (Å²) < 4.78 is 32.1. The van der Waals surface area contributed by atoms with E-state index in [1.807, 2.05) is 0 Å². The van der Waals surface area contributed by atoms with Crippen molar-refractivity contribution in [3.63, 3.8) is 0 Å². The summed E-state index contributed by atoms with van der Waals surface area (Å²) in [5, 5.41) is 3.40. The Kier molecular flexibility index (Phi) is 3.15. The number of benzene rings is 1. The van der Waals surface area contributed by atoms with Gasteiger partial charge in [-0.3, -0.25) is 4.98 Å². The zero-order valence-electron chi connectivity index (χ0n) is 9.85. The number of aromatic nitrogens is 3. The van der Waals surface area contributed by atoms with Crippen LogP contribution in [0, 0.1) is 11.6 Å². The quantitative estimate of drug-likeness (QED) is 0.676. The second-order valence-electron chi connectivity index (χ2n) is 3.91. The van der Waals surface area contributed by atoms with Crippen LogP contribution in [0.15, 0.2) is 41.2 Å². The van der Waals surface area contributed by atoms with E-state index in [0.717, 1.165) is 12.1 Å². The molecule has 2 aromatic heterocycles. The van der Waals surface area contributed by atoms with Gasteiger partial charge in [0, 0.05) is 18.0 Å². The van der Waals surface area contributed by atoms with Crippen molar-refractivity contribution in [2.24, 2.45) is 0 Å². The molecule has 0 aliphatic heterocycles. The Morgan fingerprint density at radius 3 is 2.75 bits per heavy atom. The smallest absolute Gasteiger partial charge is 0.261 e. The predicted octanol–water partition coefficient (Wildman–Crippen LogP) is 3.73. The highest BCUT2D eigenvalue weighted by molar-refractivity contribution is 6.30. The van der Waals surface area contributed by atoms with E-state index in [1.54, 1.807) is 18.3 Å².